The van der Waals surface area contributed by atoms with Gasteiger partial charge in [0, 0.05) is 11.3 Å². The van der Waals surface area contributed by atoms with Crippen molar-refractivity contribution < 1.29 is 24.2 Å². The van der Waals surface area contributed by atoms with E-state index in [0.717, 1.165) is 18.5 Å². The quantitative estimate of drug-likeness (QED) is 0.469. The molecule has 1 aliphatic rings. The summed E-state index contributed by atoms with van der Waals surface area (Å²) in [4.78, 5) is 24.8. The summed E-state index contributed by atoms with van der Waals surface area (Å²) in [6.45, 7) is 9.52. The minimum atomic E-state index is -0.482. The third-order valence-corrected chi connectivity index (χ3v) is 6.19. The van der Waals surface area contributed by atoms with Crippen LogP contribution in [0.1, 0.15) is 72.4 Å². The van der Waals surface area contributed by atoms with Gasteiger partial charge in [0.05, 0.1) is 25.4 Å². The van der Waals surface area contributed by atoms with Crippen LogP contribution in [0, 0.1) is 0 Å². The van der Waals surface area contributed by atoms with Gasteiger partial charge in [0.2, 0.25) is 0 Å². The Bertz CT molecular complexity index is 963. The molecule has 0 unspecified atom stereocenters. The molecule has 172 valence electrons. The zero-order valence-electron chi connectivity index (χ0n) is 19.4. The van der Waals surface area contributed by atoms with E-state index < -0.39 is 5.97 Å². The van der Waals surface area contributed by atoms with Crippen LogP contribution >= 0.6 is 0 Å². The van der Waals surface area contributed by atoms with Gasteiger partial charge in [0.1, 0.15) is 6.61 Å². The minimum absolute atomic E-state index is 0.0662. The number of hydrogen-bond donors (Lipinski definition) is 2. The van der Waals surface area contributed by atoms with Crippen molar-refractivity contribution in [1.82, 2.24) is 0 Å². The van der Waals surface area contributed by atoms with Crippen LogP contribution in [0.4, 0.5) is 5.69 Å². The largest absolute Gasteiger partial charge is 0.460 e. The molecule has 0 heterocycles. The van der Waals surface area contributed by atoms with Crippen molar-refractivity contribution in [2.45, 2.75) is 51.4 Å². The van der Waals surface area contributed by atoms with E-state index in [9.17, 15) is 9.59 Å². The van der Waals surface area contributed by atoms with Gasteiger partial charge in [-0.3, -0.25) is 4.79 Å². The average Bonchev–Trinajstić information content (AvgIpc) is 2.77. The number of esters is 1. The Morgan fingerprint density at radius 3 is 2.16 bits per heavy atom. The van der Waals surface area contributed by atoms with Gasteiger partial charge in [-0.25, -0.2) is 4.79 Å². The zero-order valence-corrected chi connectivity index (χ0v) is 19.4. The Morgan fingerprint density at radius 2 is 1.50 bits per heavy atom. The van der Waals surface area contributed by atoms with Crippen LogP contribution in [0.2, 0.25) is 0 Å². The first-order valence-corrected chi connectivity index (χ1v) is 11.1. The molecule has 3 rings (SSSR count). The maximum atomic E-state index is 12.8. The third kappa shape index (κ3) is 5.56. The van der Waals surface area contributed by atoms with Crippen LogP contribution in [0.25, 0.3) is 0 Å². The Hall–Kier alpha value is -2.70. The molecule has 0 radical (unpaired) electrons. The van der Waals surface area contributed by atoms with Crippen LogP contribution in [0.5, 0.6) is 0 Å². The lowest BCUT2D eigenvalue weighted by Gasteiger charge is -2.42. The number of ether oxygens (including phenoxy) is 2. The zero-order chi connectivity index (χ0) is 23.4. The van der Waals surface area contributed by atoms with Gasteiger partial charge in [0.15, 0.2) is 0 Å². The third-order valence-electron chi connectivity index (χ3n) is 6.19. The van der Waals surface area contributed by atoms with Gasteiger partial charge < -0.3 is 19.9 Å². The van der Waals surface area contributed by atoms with E-state index in [0.29, 0.717) is 11.1 Å². The maximum Gasteiger partial charge on any atom is 0.338 e. The fraction of sp³-hybridized carbons (Fsp3) is 0.462. The van der Waals surface area contributed by atoms with E-state index in [1.165, 1.54) is 11.1 Å². The summed E-state index contributed by atoms with van der Waals surface area (Å²) in [7, 11) is 0. The highest BCUT2D eigenvalue weighted by atomic mass is 16.6. The standard InChI is InChI=1S/C26H33NO5/c1-25(2)11-12-26(3,4)22-17-20(9-10-21(22)25)27-23(29)18-5-7-19(8-6-18)24(30)32-16-15-31-14-13-28/h5-10,17,28H,11-16H2,1-4H3,(H,27,29). The number of benzene rings is 2. The van der Waals surface area contributed by atoms with Crippen LogP contribution in [0.15, 0.2) is 42.5 Å². The highest BCUT2D eigenvalue weighted by Gasteiger charge is 2.37. The first-order chi connectivity index (χ1) is 15.1. The second-order valence-corrected chi connectivity index (χ2v) is 9.53. The number of anilines is 1. The van der Waals surface area contributed by atoms with Gasteiger partial charge in [-0.1, -0.05) is 33.8 Å². The number of carbonyl (C=O) groups is 2. The fourth-order valence-corrected chi connectivity index (χ4v) is 4.07. The predicted molar refractivity (Wildman–Crippen MR) is 124 cm³/mol. The number of aliphatic hydroxyl groups is 1. The molecule has 0 bridgehead atoms. The lowest BCUT2D eigenvalue weighted by atomic mass is 9.63. The number of fused-ring (bicyclic) bond motifs is 1. The molecule has 2 aromatic carbocycles. The SMILES string of the molecule is CC1(C)CCC(C)(C)c2cc(NC(=O)c3ccc(C(=O)OCCOCCO)cc3)ccc21. The predicted octanol–water partition coefficient (Wildman–Crippen LogP) is 4.45. The van der Waals surface area contributed by atoms with Crippen molar-refractivity contribution in [3.63, 3.8) is 0 Å². The smallest absolute Gasteiger partial charge is 0.338 e. The van der Waals surface area contributed by atoms with Crippen molar-refractivity contribution in [2.24, 2.45) is 0 Å². The lowest BCUT2D eigenvalue weighted by molar-refractivity contribution is 0.0258. The molecule has 1 aliphatic carbocycles. The van der Waals surface area contributed by atoms with E-state index >= 15 is 0 Å². The maximum absolute atomic E-state index is 12.8. The molecule has 1 amide bonds. The Labute approximate surface area is 189 Å². The molecule has 0 fully saturated rings. The average molecular weight is 440 g/mol. The number of aliphatic hydroxyl groups excluding tert-OH is 1. The molecule has 0 spiro atoms. The number of carbonyl (C=O) groups excluding carboxylic acids is 2. The van der Waals surface area contributed by atoms with Gasteiger partial charge in [0.25, 0.3) is 5.91 Å². The second-order valence-electron chi connectivity index (χ2n) is 9.53. The Kier molecular flexibility index (Phi) is 7.36. The van der Waals surface area contributed by atoms with Crippen LogP contribution < -0.4 is 5.32 Å². The molecular weight excluding hydrogens is 406 g/mol. The van der Waals surface area contributed by atoms with Crippen LogP contribution in [0.3, 0.4) is 0 Å². The summed E-state index contributed by atoms with van der Waals surface area (Å²) in [6.07, 6.45) is 2.25. The van der Waals surface area contributed by atoms with Crippen molar-refractivity contribution in [3.05, 3.63) is 64.7 Å². The number of hydrogen-bond acceptors (Lipinski definition) is 5. The first-order valence-electron chi connectivity index (χ1n) is 11.1. The fourth-order valence-electron chi connectivity index (χ4n) is 4.07. The van der Waals surface area contributed by atoms with Gasteiger partial charge >= 0.3 is 5.97 Å². The van der Waals surface area contributed by atoms with Crippen molar-refractivity contribution in [1.29, 1.82) is 0 Å². The van der Waals surface area contributed by atoms with E-state index in [1.54, 1.807) is 24.3 Å². The summed E-state index contributed by atoms with van der Waals surface area (Å²) in [5.41, 5.74) is 4.42. The second kappa shape index (κ2) is 9.84. The molecule has 6 nitrogen and oxygen atoms in total. The van der Waals surface area contributed by atoms with E-state index in [4.69, 9.17) is 14.6 Å². The molecule has 0 aliphatic heterocycles. The molecule has 2 aromatic rings. The highest BCUT2D eigenvalue weighted by Crippen LogP contribution is 2.46. The molecule has 32 heavy (non-hydrogen) atoms. The summed E-state index contributed by atoms with van der Waals surface area (Å²) in [5.74, 6) is -0.709. The minimum Gasteiger partial charge on any atom is -0.460 e. The van der Waals surface area contributed by atoms with Gasteiger partial charge in [-0.2, -0.15) is 0 Å². The van der Waals surface area contributed by atoms with E-state index in [1.807, 2.05) is 6.07 Å². The summed E-state index contributed by atoms with van der Waals surface area (Å²) in [5, 5.41) is 11.6. The van der Waals surface area contributed by atoms with E-state index in [-0.39, 0.29) is 43.2 Å². The molecular formula is C26H33NO5. The summed E-state index contributed by atoms with van der Waals surface area (Å²) < 4.78 is 10.2. The van der Waals surface area contributed by atoms with E-state index in [2.05, 4.69) is 45.1 Å². The summed E-state index contributed by atoms with van der Waals surface area (Å²) in [6, 6.07) is 12.6. The van der Waals surface area contributed by atoms with Crippen molar-refractivity contribution >= 4 is 17.6 Å². The highest BCUT2D eigenvalue weighted by molar-refractivity contribution is 6.04. The molecule has 0 saturated heterocycles. The number of amides is 1. The monoisotopic (exact) mass is 439 g/mol. The van der Waals surface area contributed by atoms with Crippen LogP contribution in [-0.4, -0.2) is 43.4 Å². The van der Waals surface area contributed by atoms with Crippen LogP contribution in [-0.2, 0) is 20.3 Å². The molecule has 0 atom stereocenters. The van der Waals surface area contributed by atoms with Crippen molar-refractivity contribution in [3.8, 4) is 0 Å². The lowest BCUT2D eigenvalue weighted by Crippen LogP contribution is -2.33. The normalized spacial score (nSPS) is 16.2. The molecule has 2 N–H and O–H groups in total. The first kappa shape index (κ1) is 24.0. The molecule has 0 aromatic heterocycles. The number of nitrogens with one attached hydrogen (secondary N) is 1. The molecule has 0 saturated carbocycles. The van der Waals surface area contributed by atoms with Crippen molar-refractivity contribution in [2.75, 3.05) is 31.7 Å². The number of rotatable bonds is 8. The summed E-state index contributed by atoms with van der Waals surface area (Å²) >= 11 is 0. The van der Waals surface area contributed by atoms with Gasteiger partial charge in [-0.15, -0.1) is 0 Å². The Morgan fingerprint density at radius 1 is 0.875 bits per heavy atom. The topological polar surface area (TPSA) is 84.9 Å². The Balaban J connectivity index is 1.65. The molecule has 6 heteroatoms. The van der Waals surface area contributed by atoms with Gasteiger partial charge in [-0.05, 0) is 71.2 Å².